The Kier molecular flexibility index (Phi) is 17.7. The predicted molar refractivity (Wildman–Crippen MR) is 199 cm³/mol. The van der Waals surface area contributed by atoms with Crippen molar-refractivity contribution in [3.63, 3.8) is 0 Å². The van der Waals surface area contributed by atoms with Crippen LogP contribution in [0.4, 0.5) is 4.79 Å². The number of carbonyl (C=O) groups is 2. The maximum Gasteiger partial charge on any atom is 0.410 e. The van der Waals surface area contributed by atoms with Gasteiger partial charge in [0, 0.05) is 32.1 Å². The smallest absolute Gasteiger partial charge is 0.410 e. The second-order valence-electron chi connectivity index (χ2n) is 15.1. The van der Waals surface area contributed by atoms with Crippen LogP contribution in [0.3, 0.4) is 0 Å². The Labute approximate surface area is 316 Å². The number of hydrogen-bond acceptors (Lipinski definition) is 12. The number of nitrogens with two attached hydrogens (primary N) is 1. The summed E-state index contributed by atoms with van der Waals surface area (Å²) in [6, 6.07) is -0.124. The average molecular weight is 752 g/mol. The van der Waals surface area contributed by atoms with Crippen molar-refractivity contribution in [2.24, 2.45) is 11.7 Å². The van der Waals surface area contributed by atoms with E-state index in [0.29, 0.717) is 85.7 Å². The fraction of sp³-hybridized carbons (Fsp3) is 0.795. The zero-order chi connectivity index (χ0) is 38.3. The van der Waals surface area contributed by atoms with E-state index in [2.05, 4.69) is 51.2 Å². The fourth-order valence-electron chi connectivity index (χ4n) is 7.00. The van der Waals surface area contributed by atoms with E-state index in [1.165, 1.54) is 6.08 Å². The molecule has 0 aromatic rings. The molecule has 302 valence electrons. The molecule has 1 spiro atoms. The van der Waals surface area contributed by atoms with Gasteiger partial charge in [-0.05, 0) is 59.5 Å². The number of rotatable bonds is 20. The number of morpholine rings is 1. The van der Waals surface area contributed by atoms with Crippen LogP contribution in [0.5, 0.6) is 0 Å². The van der Waals surface area contributed by atoms with Gasteiger partial charge in [-0.3, -0.25) is 4.79 Å². The lowest BCUT2D eigenvalue weighted by atomic mass is 9.83. The lowest BCUT2D eigenvalue weighted by Crippen LogP contribution is -2.55. The SMILES string of the molecule is CC(/C=C/[C@H]1OC(C)(C)C[C@@]2(CO2)[C@@H]1OCCOCCOCCOCCN)=C\C[C@@H]1O[C@H](C)[C@H](NC(=O)/C=C\[C@H](C)OC(=O)N2CCOCC2)C[C@@H]1C. The minimum atomic E-state index is -0.532. The molecule has 4 fully saturated rings. The van der Waals surface area contributed by atoms with E-state index in [4.69, 9.17) is 48.4 Å². The number of ether oxygens (including phenoxy) is 9. The quantitative estimate of drug-likeness (QED) is 0.0810. The molecule has 3 N–H and O–H groups in total. The monoisotopic (exact) mass is 751 g/mol. The third-order valence-electron chi connectivity index (χ3n) is 9.88. The van der Waals surface area contributed by atoms with E-state index in [0.717, 1.165) is 24.8 Å². The Morgan fingerprint density at radius 1 is 1.00 bits per heavy atom. The van der Waals surface area contributed by atoms with Gasteiger partial charge < -0.3 is 58.6 Å². The Hall–Kier alpha value is -2.40. The molecule has 4 aliphatic heterocycles. The average Bonchev–Trinajstić information content (AvgIpc) is 3.89. The highest BCUT2D eigenvalue weighted by Crippen LogP contribution is 2.47. The molecule has 4 saturated heterocycles. The second kappa shape index (κ2) is 21.6. The fourth-order valence-corrected chi connectivity index (χ4v) is 7.00. The normalized spacial score (nSPS) is 30.9. The van der Waals surface area contributed by atoms with Crippen LogP contribution in [0.1, 0.15) is 60.8 Å². The van der Waals surface area contributed by atoms with E-state index in [1.54, 1.807) is 17.9 Å². The lowest BCUT2D eigenvalue weighted by molar-refractivity contribution is -0.191. The zero-order valence-corrected chi connectivity index (χ0v) is 32.8. The molecule has 14 heteroatoms. The summed E-state index contributed by atoms with van der Waals surface area (Å²) in [5.41, 5.74) is 5.82. The summed E-state index contributed by atoms with van der Waals surface area (Å²) < 4.78 is 52.5. The first-order valence-corrected chi connectivity index (χ1v) is 19.3. The van der Waals surface area contributed by atoms with Crippen molar-refractivity contribution >= 4 is 12.0 Å². The summed E-state index contributed by atoms with van der Waals surface area (Å²) in [6.07, 6.45) is 10.1. The van der Waals surface area contributed by atoms with E-state index < -0.39 is 12.2 Å². The van der Waals surface area contributed by atoms with Gasteiger partial charge in [0.25, 0.3) is 0 Å². The van der Waals surface area contributed by atoms with Crippen LogP contribution in [0.2, 0.25) is 0 Å². The van der Waals surface area contributed by atoms with Crippen molar-refractivity contribution in [1.29, 1.82) is 0 Å². The summed E-state index contributed by atoms with van der Waals surface area (Å²) in [5, 5.41) is 3.07. The molecule has 53 heavy (non-hydrogen) atoms. The minimum absolute atomic E-state index is 0.0237. The first-order valence-electron chi connectivity index (χ1n) is 19.3. The summed E-state index contributed by atoms with van der Waals surface area (Å²) >= 11 is 0. The van der Waals surface area contributed by atoms with Crippen molar-refractivity contribution in [3.8, 4) is 0 Å². The summed E-state index contributed by atoms with van der Waals surface area (Å²) in [5.74, 6) is -0.00321. The van der Waals surface area contributed by atoms with Gasteiger partial charge in [0.05, 0.1) is 89.9 Å². The predicted octanol–water partition coefficient (Wildman–Crippen LogP) is 3.32. The zero-order valence-electron chi connectivity index (χ0n) is 32.8. The van der Waals surface area contributed by atoms with E-state index in [-0.39, 0.29) is 53.5 Å². The number of amides is 2. The number of epoxide rings is 1. The molecule has 4 aliphatic rings. The van der Waals surface area contributed by atoms with Gasteiger partial charge >= 0.3 is 6.09 Å². The molecule has 4 rings (SSSR count). The first-order chi connectivity index (χ1) is 25.4. The van der Waals surface area contributed by atoms with Crippen molar-refractivity contribution in [3.05, 3.63) is 36.0 Å². The first kappa shape index (κ1) is 43.3. The molecular formula is C39H65N3O11. The van der Waals surface area contributed by atoms with Gasteiger partial charge in [-0.25, -0.2) is 4.79 Å². The molecule has 0 radical (unpaired) electrons. The number of nitrogens with zero attached hydrogens (tertiary/aromatic N) is 1. The summed E-state index contributed by atoms with van der Waals surface area (Å²) in [4.78, 5) is 26.7. The van der Waals surface area contributed by atoms with Crippen LogP contribution in [0, 0.1) is 5.92 Å². The highest BCUT2D eigenvalue weighted by Gasteiger charge is 2.61. The second-order valence-corrected chi connectivity index (χ2v) is 15.1. The third kappa shape index (κ3) is 14.6. The van der Waals surface area contributed by atoms with Crippen molar-refractivity contribution in [1.82, 2.24) is 10.2 Å². The number of nitrogens with one attached hydrogen (secondary N) is 1. The Bertz CT molecular complexity index is 1220. The molecule has 0 aromatic heterocycles. The minimum Gasteiger partial charge on any atom is -0.442 e. The van der Waals surface area contributed by atoms with Crippen LogP contribution in [-0.4, -0.2) is 150 Å². The third-order valence-corrected chi connectivity index (χ3v) is 9.88. The van der Waals surface area contributed by atoms with E-state index in [1.807, 2.05) is 6.92 Å². The number of allylic oxidation sites excluding steroid dienone is 2. The molecule has 0 unspecified atom stereocenters. The number of hydrogen-bond donors (Lipinski definition) is 2. The molecule has 4 heterocycles. The van der Waals surface area contributed by atoms with Crippen LogP contribution in [0.15, 0.2) is 36.0 Å². The van der Waals surface area contributed by atoms with Gasteiger partial charge in [-0.1, -0.05) is 30.7 Å². The molecular weight excluding hydrogens is 686 g/mol. The topological polar surface area (TPSA) is 162 Å². The highest BCUT2D eigenvalue weighted by atomic mass is 16.6. The van der Waals surface area contributed by atoms with Gasteiger partial charge in [0.2, 0.25) is 5.91 Å². The summed E-state index contributed by atoms with van der Waals surface area (Å²) in [7, 11) is 0. The van der Waals surface area contributed by atoms with E-state index in [9.17, 15) is 9.59 Å². The Morgan fingerprint density at radius 3 is 2.32 bits per heavy atom. The van der Waals surface area contributed by atoms with Crippen LogP contribution in [-0.2, 0) is 47.4 Å². The molecule has 0 aromatic carbocycles. The van der Waals surface area contributed by atoms with Gasteiger partial charge in [0.15, 0.2) is 0 Å². The van der Waals surface area contributed by atoms with Crippen molar-refractivity contribution < 1.29 is 52.2 Å². The maximum absolute atomic E-state index is 12.7. The van der Waals surface area contributed by atoms with Gasteiger partial charge in [-0.15, -0.1) is 0 Å². The molecule has 2 amide bonds. The standard InChI is InChI=1S/C39H65N3O11/c1-28(8-11-34-36(39(27-50-39)26-38(5,6)53-34)49-24-23-48-22-21-47-20-19-45-16-13-40)7-10-33-29(2)25-32(31(4)52-33)41-35(43)12-9-30(3)51-37(44)42-14-17-46-18-15-42/h7-9,11-12,29-34,36H,10,13-27,40H2,1-6H3,(H,41,43)/b11-8+,12-9-,28-7+/t29-,30-,31+,32+,33-,34+,36+,39+/m0/s1. The Morgan fingerprint density at radius 2 is 1.66 bits per heavy atom. The molecule has 0 saturated carbocycles. The van der Waals surface area contributed by atoms with Crippen molar-refractivity contribution in [2.75, 3.05) is 85.7 Å². The van der Waals surface area contributed by atoms with Gasteiger partial charge in [-0.2, -0.15) is 0 Å². The van der Waals surface area contributed by atoms with Crippen molar-refractivity contribution in [2.45, 2.75) is 109 Å². The summed E-state index contributed by atoms with van der Waals surface area (Å²) in [6.45, 7) is 18.8. The number of carbonyl (C=O) groups excluding carboxylic acids is 2. The molecule has 14 nitrogen and oxygen atoms in total. The van der Waals surface area contributed by atoms with E-state index >= 15 is 0 Å². The maximum atomic E-state index is 12.7. The van der Waals surface area contributed by atoms with Crippen LogP contribution in [0.25, 0.3) is 0 Å². The molecule has 0 aliphatic carbocycles. The van der Waals surface area contributed by atoms with Crippen LogP contribution < -0.4 is 11.1 Å². The lowest BCUT2D eigenvalue weighted by Gasteiger charge is -2.43. The Balaban J connectivity index is 1.19. The highest BCUT2D eigenvalue weighted by molar-refractivity contribution is 5.87. The van der Waals surface area contributed by atoms with Gasteiger partial charge in [0.1, 0.15) is 23.9 Å². The largest absolute Gasteiger partial charge is 0.442 e. The molecule has 0 bridgehead atoms. The molecule has 8 atom stereocenters. The van der Waals surface area contributed by atoms with Crippen LogP contribution >= 0.6 is 0 Å².